The lowest BCUT2D eigenvalue weighted by Crippen LogP contribution is -2.12. The number of nitrogens with zero attached hydrogens (tertiary/aromatic N) is 2. The predicted octanol–water partition coefficient (Wildman–Crippen LogP) is 3.04. The highest BCUT2D eigenvalue weighted by Gasteiger charge is 2.35. The van der Waals surface area contributed by atoms with Crippen LogP contribution in [-0.2, 0) is 16.2 Å². The molecule has 0 atom stereocenters. The highest BCUT2D eigenvalue weighted by atomic mass is 32.2. The molecule has 0 unspecified atom stereocenters. The van der Waals surface area contributed by atoms with Gasteiger partial charge in [0.05, 0.1) is 16.3 Å². The Morgan fingerprint density at radius 1 is 1.00 bits per heavy atom. The molecule has 0 aliphatic rings. The third-order valence-corrected chi connectivity index (χ3v) is 4.41. The second-order valence-corrected chi connectivity index (χ2v) is 7.29. The first-order chi connectivity index (χ1) is 13.1. The van der Waals surface area contributed by atoms with Crippen LogP contribution in [0.1, 0.15) is 5.69 Å². The van der Waals surface area contributed by atoms with Crippen molar-refractivity contribution < 1.29 is 21.6 Å². The number of nitrogens with two attached hydrogens (primary N) is 1. The molecule has 2 aromatic carbocycles. The normalized spacial score (nSPS) is 11.6. The van der Waals surface area contributed by atoms with Gasteiger partial charge in [-0.3, -0.25) is 0 Å². The zero-order chi connectivity index (χ0) is 20.9. The summed E-state index contributed by atoms with van der Waals surface area (Å²) in [6, 6.07) is 14.5. The fourth-order valence-corrected chi connectivity index (χ4v) is 2.82. The van der Waals surface area contributed by atoms with Crippen molar-refractivity contribution in [2.24, 2.45) is 5.14 Å². The Bertz CT molecular complexity index is 1020. The van der Waals surface area contributed by atoms with Gasteiger partial charge in [-0.05, 0) is 44.4 Å². The summed E-state index contributed by atoms with van der Waals surface area (Å²) in [5.74, 6) is 0. The molecule has 10 heteroatoms. The van der Waals surface area contributed by atoms with E-state index in [2.05, 4.69) is 10.4 Å². The van der Waals surface area contributed by atoms with E-state index < -0.39 is 21.9 Å². The highest BCUT2D eigenvalue weighted by molar-refractivity contribution is 7.89. The number of alkyl halides is 3. The standard InChI is InChI=1S/C16H12F3N3O2S.C2H7N/c17-16(18,19)15-10-14(11-4-2-1-3-5-11)22(21-15)12-6-8-13(9-7-12)25(20,23)24;1-3-2/h1-10H,(H2,20,23,24);3H,1-2H3. The summed E-state index contributed by atoms with van der Waals surface area (Å²) in [7, 11) is -0.142. The third-order valence-electron chi connectivity index (χ3n) is 3.48. The van der Waals surface area contributed by atoms with E-state index in [-0.39, 0.29) is 16.3 Å². The van der Waals surface area contributed by atoms with Crippen LogP contribution in [0.5, 0.6) is 0 Å². The van der Waals surface area contributed by atoms with Crippen LogP contribution in [0.2, 0.25) is 0 Å². The minimum absolute atomic E-state index is 0.138. The van der Waals surface area contributed by atoms with Crippen molar-refractivity contribution in [3.8, 4) is 16.9 Å². The maximum absolute atomic E-state index is 13.1. The molecule has 1 heterocycles. The third kappa shape index (κ3) is 5.18. The number of aromatic nitrogens is 2. The van der Waals surface area contributed by atoms with Gasteiger partial charge in [-0.1, -0.05) is 30.3 Å². The first-order valence-electron chi connectivity index (χ1n) is 8.02. The zero-order valence-electron chi connectivity index (χ0n) is 15.1. The van der Waals surface area contributed by atoms with Crippen molar-refractivity contribution in [2.75, 3.05) is 14.1 Å². The quantitative estimate of drug-likeness (QED) is 0.692. The lowest BCUT2D eigenvalue weighted by Gasteiger charge is -2.08. The van der Waals surface area contributed by atoms with Crippen molar-refractivity contribution in [1.29, 1.82) is 0 Å². The Labute approximate surface area is 160 Å². The van der Waals surface area contributed by atoms with Crippen LogP contribution in [0.15, 0.2) is 65.6 Å². The average molecular weight is 412 g/mol. The van der Waals surface area contributed by atoms with Crippen LogP contribution in [-0.4, -0.2) is 32.3 Å². The summed E-state index contributed by atoms with van der Waals surface area (Å²) < 4.78 is 62.9. The van der Waals surface area contributed by atoms with Gasteiger partial charge in [0.2, 0.25) is 10.0 Å². The lowest BCUT2D eigenvalue weighted by atomic mass is 10.1. The number of benzene rings is 2. The van der Waals surface area contributed by atoms with E-state index in [1.807, 2.05) is 14.1 Å². The average Bonchev–Trinajstić information content (AvgIpc) is 3.08. The molecule has 0 bridgehead atoms. The van der Waals surface area contributed by atoms with E-state index in [0.29, 0.717) is 5.56 Å². The van der Waals surface area contributed by atoms with Gasteiger partial charge in [0.1, 0.15) is 0 Å². The van der Waals surface area contributed by atoms with Gasteiger partial charge in [-0.2, -0.15) is 18.3 Å². The molecule has 0 aliphatic carbocycles. The molecule has 3 aromatic rings. The predicted molar refractivity (Wildman–Crippen MR) is 100 cm³/mol. The number of halogens is 3. The van der Waals surface area contributed by atoms with E-state index in [1.54, 1.807) is 30.3 Å². The number of hydrogen-bond acceptors (Lipinski definition) is 4. The maximum Gasteiger partial charge on any atom is 0.435 e. The Kier molecular flexibility index (Phi) is 6.60. The number of primary sulfonamides is 1. The smallest absolute Gasteiger partial charge is 0.323 e. The van der Waals surface area contributed by atoms with Gasteiger partial charge in [0.25, 0.3) is 0 Å². The topological polar surface area (TPSA) is 90.0 Å². The fourth-order valence-electron chi connectivity index (χ4n) is 2.31. The minimum Gasteiger partial charge on any atom is -0.323 e. The number of rotatable bonds is 3. The summed E-state index contributed by atoms with van der Waals surface area (Å²) in [4.78, 5) is -0.138. The van der Waals surface area contributed by atoms with E-state index in [1.165, 1.54) is 24.3 Å². The van der Waals surface area contributed by atoms with E-state index in [4.69, 9.17) is 5.14 Å². The molecule has 0 aliphatic heterocycles. The molecule has 6 nitrogen and oxygen atoms in total. The molecule has 0 saturated carbocycles. The van der Waals surface area contributed by atoms with Crippen LogP contribution in [0.3, 0.4) is 0 Å². The van der Waals surface area contributed by atoms with Crippen molar-refractivity contribution in [1.82, 2.24) is 15.1 Å². The van der Waals surface area contributed by atoms with Crippen molar-refractivity contribution >= 4 is 10.0 Å². The molecule has 0 fully saturated rings. The SMILES string of the molecule is CNC.NS(=O)(=O)c1ccc(-n2nc(C(F)(F)F)cc2-c2ccccc2)cc1. The summed E-state index contributed by atoms with van der Waals surface area (Å²) in [5.41, 5.74) is 0.0148. The minimum atomic E-state index is -4.60. The van der Waals surface area contributed by atoms with Gasteiger partial charge in [-0.25, -0.2) is 18.2 Å². The van der Waals surface area contributed by atoms with Gasteiger partial charge < -0.3 is 5.32 Å². The largest absolute Gasteiger partial charge is 0.435 e. The number of sulfonamides is 1. The molecule has 150 valence electrons. The van der Waals surface area contributed by atoms with Crippen molar-refractivity contribution in [2.45, 2.75) is 11.1 Å². The molecule has 1 aromatic heterocycles. The van der Waals surface area contributed by atoms with Gasteiger partial charge in [-0.15, -0.1) is 0 Å². The Balaban J connectivity index is 0.000000878. The molecule has 0 saturated heterocycles. The van der Waals surface area contributed by atoms with Gasteiger partial charge in [0, 0.05) is 5.56 Å². The number of nitrogens with one attached hydrogen (secondary N) is 1. The summed E-state index contributed by atoms with van der Waals surface area (Å²) in [6.07, 6.45) is -4.60. The zero-order valence-corrected chi connectivity index (χ0v) is 15.9. The van der Waals surface area contributed by atoms with Crippen LogP contribution in [0.4, 0.5) is 13.2 Å². The van der Waals surface area contributed by atoms with E-state index >= 15 is 0 Å². The van der Waals surface area contributed by atoms with E-state index in [0.717, 1.165) is 10.7 Å². The first kappa shape index (κ1) is 21.6. The van der Waals surface area contributed by atoms with Crippen LogP contribution in [0, 0.1) is 0 Å². The van der Waals surface area contributed by atoms with Crippen molar-refractivity contribution in [3.05, 3.63) is 66.4 Å². The Morgan fingerprint density at radius 3 is 2.00 bits per heavy atom. The van der Waals surface area contributed by atoms with Crippen LogP contribution < -0.4 is 10.5 Å². The summed E-state index contributed by atoms with van der Waals surface area (Å²) in [5, 5.41) is 11.4. The van der Waals surface area contributed by atoms with Crippen molar-refractivity contribution in [3.63, 3.8) is 0 Å². The Morgan fingerprint density at radius 2 is 1.54 bits per heavy atom. The second-order valence-electron chi connectivity index (χ2n) is 5.73. The number of hydrogen-bond donors (Lipinski definition) is 2. The van der Waals surface area contributed by atoms with E-state index in [9.17, 15) is 21.6 Å². The second kappa shape index (κ2) is 8.55. The molecule has 0 amide bonds. The molecule has 3 N–H and O–H groups in total. The van der Waals surface area contributed by atoms with Gasteiger partial charge in [0.15, 0.2) is 5.69 Å². The summed E-state index contributed by atoms with van der Waals surface area (Å²) in [6.45, 7) is 0. The maximum atomic E-state index is 13.1. The Hall–Kier alpha value is -2.69. The fraction of sp³-hybridized carbons (Fsp3) is 0.167. The molecule has 28 heavy (non-hydrogen) atoms. The molecule has 3 rings (SSSR count). The molecule has 0 spiro atoms. The van der Waals surface area contributed by atoms with Gasteiger partial charge >= 0.3 is 6.18 Å². The highest BCUT2D eigenvalue weighted by Crippen LogP contribution is 2.33. The molecular weight excluding hydrogens is 393 g/mol. The first-order valence-corrected chi connectivity index (χ1v) is 9.57. The monoisotopic (exact) mass is 412 g/mol. The van der Waals surface area contributed by atoms with Crippen LogP contribution >= 0.6 is 0 Å². The van der Waals surface area contributed by atoms with Crippen LogP contribution in [0.25, 0.3) is 16.9 Å². The molecule has 0 radical (unpaired) electrons. The lowest BCUT2D eigenvalue weighted by molar-refractivity contribution is -0.141. The molecular formula is C18H19F3N4O2S. The summed E-state index contributed by atoms with van der Waals surface area (Å²) >= 11 is 0.